The molecule has 20 heavy (non-hydrogen) atoms. The Morgan fingerprint density at radius 1 is 1.35 bits per heavy atom. The Labute approximate surface area is 123 Å². The van der Waals surface area contributed by atoms with Gasteiger partial charge in [0.25, 0.3) is 0 Å². The van der Waals surface area contributed by atoms with Crippen LogP contribution in [0.3, 0.4) is 0 Å². The molecule has 1 saturated heterocycles. The van der Waals surface area contributed by atoms with Gasteiger partial charge in [0.1, 0.15) is 0 Å². The van der Waals surface area contributed by atoms with Crippen molar-refractivity contribution in [2.45, 2.75) is 45.4 Å². The van der Waals surface area contributed by atoms with E-state index in [1.807, 2.05) is 6.07 Å². The van der Waals surface area contributed by atoms with Crippen LogP contribution in [0.4, 0.5) is 0 Å². The highest BCUT2D eigenvalue weighted by Crippen LogP contribution is 2.33. The smallest absolute Gasteiger partial charge is 0.212 e. The van der Waals surface area contributed by atoms with Gasteiger partial charge >= 0.3 is 0 Å². The number of sulfonamides is 1. The zero-order valence-electron chi connectivity index (χ0n) is 12.6. The van der Waals surface area contributed by atoms with Crippen LogP contribution in [-0.2, 0) is 10.0 Å². The Morgan fingerprint density at radius 3 is 2.55 bits per heavy atom. The van der Waals surface area contributed by atoms with Crippen LogP contribution in [0.25, 0.3) is 0 Å². The molecule has 1 aromatic carbocycles. The third kappa shape index (κ3) is 3.23. The first-order valence-electron chi connectivity index (χ1n) is 7.43. The molecule has 1 heterocycles. The van der Waals surface area contributed by atoms with Crippen molar-refractivity contribution in [2.75, 3.05) is 18.8 Å². The zero-order valence-corrected chi connectivity index (χ0v) is 13.4. The minimum atomic E-state index is -3.03. The quantitative estimate of drug-likeness (QED) is 0.855. The SMILES string of the molecule is CCS(=O)(=O)N1CCC(c2c[c]ccc2C(C)C)CC1. The van der Waals surface area contributed by atoms with E-state index in [2.05, 4.69) is 32.0 Å². The van der Waals surface area contributed by atoms with Gasteiger partial charge in [-0.15, -0.1) is 0 Å². The molecule has 0 amide bonds. The molecule has 2 rings (SSSR count). The molecule has 3 nitrogen and oxygen atoms in total. The molecule has 0 aliphatic carbocycles. The lowest BCUT2D eigenvalue weighted by molar-refractivity contribution is 0.319. The van der Waals surface area contributed by atoms with Crippen molar-refractivity contribution in [1.82, 2.24) is 4.31 Å². The fourth-order valence-electron chi connectivity index (χ4n) is 2.96. The van der Waals surface area contributed by atoms with Gasteiger partial charge in [0.05, 0.1) is 5.75 Å². The van der Waals surface area contributed by atoms with E-state index in [0.717, 1.165) is 12.8 Å². The molecule has 4 heteroatoms. The lowest BCUT2D eigenvalue weighted by Gasteiger charge is -2.32. The fourth-order valence-corrected chi connectivity index (χ4v) is 4.09. The molecule has 1 aliphatic heterocycles. The average Bonchev–Trinajstić information content (AvgIpc) is 2.47. The average molecular weight is 294 g/mol. The second-order valence-electron chi connectivity index (χ2n) is 5.78. The third-order valence-corrected chi connectivity index (χ3v) is 6.09. The molecule has 0 bridgehead atoms. The van der Waals surface area contributed by atoms with Crippen LogP contribution in [0.2, 0.25) is 0 Å². The number of nitrogens with zero attached hydrogens (tertiary/aromatic N) is 1. The number of hydrogen-bond acceptors (Lipinski definition) is 2. The van der Waals surface area contributed by atoms with E-state index in [1.165, 1.54) is 11.1 Å². The summed E-state index contributed by atoms with van der Waals surface area (Å²) in [5.74, 6) is 1.17. The highest BCUT2D eigenvalue weighted by Gasteiger charge is 2.28. The Bertz CT molecular complexity index is 543. The Balaban J connectivity index is 2.12. The maximum Gasteiger partial charge on any atom is 0.213 e. The van der Waals surface area contributed by atoms with Gasteiger partial charge in [-0.3, -0.25) is 0 Å². The van der Waals surface area contributed by atoms with Crippen molar-refractivity contribution in [2.24, 2.45) is 0 Å². The number of rotatable bonds is 4. The van der Waals surface area contributed by atoms with Crippen LogP contribution < -0.4 is 0 Å². The van der Waals surface area contributed by atoms with Crippen molar-refractivity contribution in [3.05, 3.63) is 35.4 Å². The first-order valence-corrected chi connectivity index (χ1v) is 9.04. The molecule has 0 N–H and O–H groups in total. The van der Waals surface area contributed by atoms with E-state index in [9.17, 15) is 8.42 Å². The van der Waals surface area contributed by atoms with Gasteiger partial charge in [0, 0.05) is 13.1 Å². The summed E-state index contributed by atoms with van der Waals surface area (Å²) in [7, 11) is -3.03. The van der Waals surface area contributed by atoms with Crippen LogP contribution >= 0.6 is 0 Å². The summed E-state index contributed by atoms with van der Waals surface area (Å²) in [4.78, 5) is 0. The number of benzene rings is 1. The maximum atomic E-state index is 11.9. The van der Waals surface area contributed by atoms with Crippen molar-refractivity contribution >= 4 is 10.0 Å². The second-order valence-corrected chi connectivity index (χ2v) is 8.04. The lowest BCUT2D eigenvalue weighted by atomic mass is 9.84. The van der Waals surface area contributed by atoms with Gasteiger partial charge in [-0.2, -0.15) is 0 Å². The number of piperidine rings is 1. The molecular formula is C16H24NO2S. The van der Waals surface area contributed by atoms with Gasteiger partial charge in [-0.05, 0) is 48.8 Å². The van der Waals surface area contributed by atoms with Gasteiger partial charge < -0.3 is 0 Å². The second kappa shape index (κ2) is 6.27. The van der Waals surface area contributed by atoms with Crippen LogP contribution in [-0.4, -0.2) is 31.6 Å². The van der Waals surface area contributed by atoms with Crippen LogP contribution in [0.1, 0.15) is 56.6 Å². The summed E-state index contributed by atoms with van der Waals surface area (Å²) in [6.45, 7) is 7.41. The topological polar surface area (TPSA) is 37.4 Å². The first-order chi connectivity index (χ1) is 9.45. The summed E-state index contributed by atoms with van der Waals surface area (Å²) in [6, 6.07) is 9.38. The molecule has 0 aromatic heterocycles. The van der Waals surface area contributed by atoms with Crippen molar-refractivity contribution in [1.29, 1.82) is 0 Å². The van der Waals surface area contributed by atoms with Crippen molar-refractivity contribution in [3.63, 3.8) is 0 Å². The maximum absolute atomic E-state index is 11.9. The minimum Gasteiger partial charge on any atom is -0.212 e. The van der Waals surface area contributed by atoms with E-state index >= 15 is 0 Å². The first kappa shape index (κ1) is 15.5. The van der Waals surface area contributed by atoms with Gasteiger partial charge in [-0.25, -0.2) is 12.7 Å². The standard InChI is InChI=1S/C16H24NO2S/c1-4-20(18,19)17-11-9-14(10-12-17)16-8-6-5-7-15(16)13(2)3/h5,7-8,13-14H,4,9-12H2,1-3H3. The minimum absolute atomic E-state index is 0.202. The van der Waals surface area contributed by atoms with Crippen molar-refractivity contribution < 1.29 is 8.42 Å². The molecule has 1 aliphatic rings. The largest absolute Gasteiger partial charge is 0.213 e. The fraction of sp³-hybridized carbons (Fsp3) is 0.625. The summed E-state index contributed by atoms with van der Waals surface area (Å²) >= 11 is 0. The summed E-state index contributed by atoms with van der Waals surface area (Å²) in [6.07, 6.45) is 1.83. The zero-order chi connectivity index (χ0) is 14.8. The molecule has 111 valence electrons. The van der Waals surface area contributed by atoms with E-state index in [1.54, 1.807) is 11.2 Å². The molecule has 1 aromatic rings. The van der Waals surface area contributed by atoms with Gasteiger partial charge in [-0.1, -0.05) is 32.0 Å². The summed E-state index contributed by atoms with van der Waals surface area (Å²) in [5, 5.41) is 0. The molecule has 1 radical (unpaired) electrons. The lowest BCUT2D eigenvalue weighted by Crippen LogP contribution is -2.38. The van der Waals surface area contributed by atoms with E-state index in [0.29, 0.717) is 24.9 Å². The predicted octanol–water partition coefficient (Wildman–Crippen LogP) is 3.14. The molecule has 0 saturated carbocycles. The molecule has 1 fully saturated rings. The van der Waals surface area contributed by atoms with E-state index in [-0.39, 0.29) is 5.75 Å². The predicted molar refractivity (Wildman–Crippen MR) is 82.4 cm³/mol. The highest BCUT2D eigenvalue weighted by atomic mass is 32.2. The van der Waals surface area contributed by atoms with E-state index in [4.69, 9.17) is 0 Å². The van der Waals surface area contributed by atoms with Crippen molar-refractivity contribution in [3.8, 4) is 0 Å². The Kier molecular flexibility index (Phi) is 4.86. The molecular weight excluding hydrogens is 270 g/mol. The van der Waals surface area contributed by atoms with E-state index < -0.39 is 10.0 Å². The number of hydrogen-bond donors (Lipinski definition) is 0. The van der Waals surface area contributed by atoms with Crippen LogP contribution in [0.5, 0.6) is 0 Å². The Morgan fingerprint density at radius 2 is 2.00 bits per heavy atom. The van der Waals surface area contributed by atoms with Crippen LogP contribution in [0.15, 0.2) is 18.2 Å². The molecule has 0 atom stereocenters. The molecule has 0 unspecified atom stereocenters. The monoisotopic (exact) mass is 294 g/mol. The third-order valence-electron chi connectivity index (χ3n) is 4.21. The molecule has 0 spiro atoms. The normalized spacial score (nSPS) is 18.6. The summed E-state index contributed by atoms with van der Waals surface area (Å²) in [5.41, 5.74) is 2.73. The Hall–Kier alpha value is -0.870. The summed E-state index contributed by atoms with van der Waals surface area (Å²) < 4.78 is 25.4. The van der Waals surface area contributed by atoms with Gasteiger partial charge in [0.15, 0.2) is 0 Å². The highest BCUT2D eigenvalue weighted by molar-refractivity contribution is 7.89. The van der Waals surface area contributed by atoms with Crippen LogP contribution in [0, 0.1) is 6.07 Å². The van der Waals surface area contributed by atoms with Gasteiger partial charge in [0.2, 0.25) is 10.0 Å².